The van der Waals surface area contributed by atoms with Crippen molar-refractivity contribution >= 4 is 22.2 Å². The Labute approximate surface area is 174 Å². The van der Waals surface area contributed by atoms with E-state index in [-0.39, 0.29) is 0 Å². The Morgan fingerprint density at radius 3 is 2.38 bits per heavy atom. The molecule has 3 aromatic rings. The Morgan fingerprint density at radius 1 is 0.966 bits per heavy atom. The van der Waals surface area contributed by atoms with Gasteiger partial charge in [0.15, 0.2) is 16.6 Å². The molecule has 1 aliphatic carbocycles. The average Bonchev–Trinajstić information content (AvgIpc) is 3.20. The van der Waals surface area contributed by atoms with Gasteiger partial charge in [0.1, 0.15) is 5.75 Å². The fourth-order valence-corrected chi connectivity index (χ4v) is 3.86. The summed E-state index contributed by atoms with van der Waals surface area (Å²) in [6, 6.07) is 11.6. The molecule has 0 radical (unpaired) electrons. The number of hydrogen-bond acceptors (Lipinski definition) is 7. The number of fused-ring (bicyclic) bond motifs is 1. The number of benzene rings is 2. The molecule has 0 aliphatic heterocycles. The molecular formula is C22H25N3O3S. The monoisotopic (exact) mass is 411 g/mol. The van der Waals surface area contributed by atoms with E-state index >= 15 is 0 Å². The molecule has 0 bridgehead atoms. The first kappa shape index (κ1) is 20.7. The van der Waals surface area contributed by atoms with Gasteiger partial charge >= 0.3 is 0 Å². The molecule has 0 atom stereocenters. The quantitative estimate of drug-likeness (QED) is 0.643. The third-order valence-corrected chi connectivity index (χ3v) is 5.41. The maximum atomic E-state index is 7.79. The van der Waals surface area contributed by atoms with Crippen LogP contribution >= 0.6 is 11.3 Å². The van der Waals surface area contributed by atoms with E-state index in [1.807, 2.05) is 41.8 Å². The van der Waals surface area contributed by atoms with Gasteiger partial charge in [-0.15, -0.1) is 11.3 Å². The van der Waals surface area contributed by atoms with Crippen LogP contribution in [0.4, 0.5) is 5.13 Å². The van der Waals surface area contributed by atoms with Crippen LogP contribution < -0.4 is 19.9 Å². The highest BCUT2D eigenvalue weighted by Crippen LogP contribution is 2.33. The molecule has 0 saturated heterocycles. The fraction of sp³-hybridized carbons (Fsp3) is 0.273. The molecule has 0 spiro atoms. The van der Waals surface area contributed by atoms with E-state index in [2.05, 4.69) is 4.98 Å². The first-order chi connectivity index (χ1) is 14.1. The number of nitrogen functional groups attached to an aromatic ring is 1. The number of rotatable bonds is 4. The molecule has 7 heteroatoms. The van der Waals surface area contributed by atoms with Crippen LogP contribution in [0.5, 0.6) is 17.2 Å². The highest BCUT2D eigenvalue weighted by atomic mass is 32.1. The van der Waals surface area contributed by atoms with Crippen LogP contribution in [-0.2, 0) is 6.42 Å². The number of methoxy groups -OCH3 is 3. The Bertz CT molecular complexity index is 1000. The van der Waals surface area contributed by atoms with Gasteiger partial charge in [0.05, 0.1) is 27.0 Å². The Balaban J connectivity index is 0.000000169. The molecular weight excluding hydrogens is 386 g/mol. The van der Waals surface area contributed by atoms with Crippen molar-refractivity contribution in [3.63, 3.8) is 0 Å². The van der Waals surface area contributed by atoms with E-state index in [4.69, 9.17) is 25.4 Å². The van der Waals surface area contributed by atoms with Crippen molar-refractivity contribution in [1.29, 1.82) is 5.41 Å². The van der Waals surface area contributed by atoms with E-state index in [0.29, 0.717) is 16.6 Å². The first-order valence-electron chi connectivity index (χ1n) is 9.24. The zero-order valence-electron chi connectivity index (χ0n) is 16.8. The van der Waals surface area contributed by atoms with Crippen molar-refractivity contribution in [2.24, 2.45) is 0 Å². The molecule has 0 unspecified atom stereocenters. The summed E-state index contributed by atoms with van der Waals surface area (Å²) in [7, 11) is 4.91. The van der Waals surface area contributed by atoms with E-state index < -0.39 is 0 Å². The van der Waals surface area contributed by atoms with Gasteiger partial charge in [-0.2, -0.15) is 0 Å². The first-order valence-corrected chi connectivity index (χ1v) is 10.1. The molecule has 0 fully saturated rings. The summed E-state index contributed by atoms with van der Waals surface area (Å²) in [6.07, 6.45) is 3.02. The van der Waals surface area contributed by atoms with Crippen LogP contribution in [0.3, 0.4) is 0 Å². The normalized spacial score (nSPS) is 12.4. The van der Waals surface area contributed by atoms with Gasteiger partial charge in [-0.1, -0.05) is 12.1 Å². The molecule has 1 aliphatic rings. The second-order valence-electron chi connectivity index (χ2n) is 6.46. The second kappa shape index (κ2) is 9.43. The lowest BCUT2D eigenvalue weighted by Crippen LogP contribution is -2.11. The molecule has 152 valence electrons. The molecule has 0 saturated carbocycles. The van der Waals surface area contributed by atoms with Gasteiger partial charge in [-0.05, 0) is 43.5 Å². The predicted octanol–water partition coefficient (Wildman–Crippen LogP) is 4.81. The molecule has 3 N–H and O–H groups in total. The Hall–Kier alpha value is -3.06. The molecule has 29 heavy (non-hydrogen) atoms. The fourth-order valence-electron chi connectivity index (χ4n) is 3.29. The van der Waals surface area contributed by atoms with Gasteiger partial charge in [0, 0.05) is 27.8 Å². The summed E-state index contributed by atoms with van der Waals surface area (Å²) in [5.41, 5.74) is 10.4. The molecule has 4 rings (SSSR count). The highest BCUT2D eigenvalue weighted by molar-refractivity contribution is 7.13. The number of nitrogens with one attached hydrogen (secondary N) is 1. The van der Waals surface area contributed by atoms with Gasteiger partial charge in [-0.3, -0.25) is 0 Å². The lowest BCUT2D eigenvalue weighted by atomic mass is 9.89. The summed E-state index contributed by atoms with van der Waals surface area (Å²) < 4.78 is 15.7. The van der Waals surface area contributed by atoms with Crippen LogP contribution in [-0.4, -0.2) is 32.0 Å². The van der Waals surface area contributed by atoms with Gasteiger partial charge < -0.3 is 25.4 Å². The highest BCUT2D eigenvalue weighted by Gasteiger charge is 2.16. The Kier molecular flexibility index (Phi) is 6.72. The molecule has 1 aromatic heterocycles. The summed E-state index contributed by atoms with van der Waals surface area (Å²) >= 11 is 1.42. The number of anilines is 1. The number of ether oxygens (including phenoxy) is 3. The van der Waals surface area contributed by atoms with E-state index in [9.17, 15) is 0 Å². The van der Waals surface area contributed by atoms with Crippen molar-refractivity contribution in [3.05, 3.63) is 52.9 Å². The van der Waals surface area contributed by atoms with Gasteiger partial charge in [0.2, 0.25) is 0 Å². The minimum Gasteiger partial charge on any atom is -0.496 e. The number of nitrogens with two attached hydrogens (primary N) is 1. The van der Waals surface area contributed by atoms with Crippen molar-refractivity contribution in [2.45, 2.75) is 19.3 Å². The molecule has 2 aromatic carbocycles. The van der Waals surface area contributed by atoms with Crippen LogP contribution in [0.2, 0.25) is 0 Å². The van der Waals surface area contributed by atoms with Crippen molar-refractivity contribution < 1.29 is 14.2 Å². The van der Waals surface area contributed by atoms with Crippen LogP contribution in [0.15, 0.2) is 41.8 Å². The van der Waals surface area contributed by atoms with Gasteiger partial charge in [-0.25, -0.2) is 4.98 Å². The smallest absolute Gasteiger partial charge is 0.180 e. The minimum atomic E-state index is 0.560. The molecule has 6 nitrogen and oxygen atoms in total. The second-order valence-corrected chi connectivity index (χ2v) is 7.35. The molecule has 1 heterocycles. The van der Waals surface area contributed by atoms with Crippen LogP contribution in [0.1, 0.15) is 24.0 Å². The van der Waals surface area contributed by atoms with Crippen molar-refractivity contribution in [1.82, 2.24) is 4.98 Å². The summed E-state index contributed by atoms with van der Waals surface area (Å²) in [5, 5.41) is 10.3. The van der Waals surface area contributed by atoms with Crippen LogP contribution in [0, 0.1) is 5.41 Å². The molecule has 0 amide bonds. The SMILES string of the molecule is COc1ccc(-c2csc(N)n2)cc1OC.COc1cccc2c1CCCC2=N. The number of nitrogens with zero attached hydrogens (tertiary/aromatic N) is 1. The maximum absolute atomic E-state index is 7.79. The largest absolute Gasteiger partial charge is 0.496 e. The van der Waals surface area contributed by atoms with E-state index in [0.717, 1.165) is 47.5 Å². The lowest BCUT2D eigenvalue weighted by Gasteiger charge is -2.18. The number of thiazole rings is 1. The maximum Gasteiger partial charge on any atom is 0.180 e. The van der Waals surface area contributed by atoms with Crippen molar-refractivity contribution in [2.75, 3.05) is 27.1 Å². The number of aromatic nitrogens is 1. The van der Waals surface area contributed by atoms with E-state index in [1.165, 1.54) is 16.9 Å². The third-order valence-electron chi connectivity index (χ3n) is 4.73. The Morgan fingerprint density at radius 2 is 1.72 bits per heavy atom. The number of hydrogen-bond donors (Lipinski definition) is 2. The lowest BCUT2D eigenvalue weighted by molar-refractivity contribution is 0.355. The zero-order chi connectivity index (χ0) is 20.8. The van der Waals surface area contributed by atoms with Gasteiger partial charge in [0.25, 0.3) is 0 Å². The van der Waals surface area contributed by atoms with E-state index in [1.54, 1.807) is 21.3 Å². The minimum absolute atomic E-state index is 0.560. The average molecular weight is 412 g/mol. The van der Waals surface area contributed by atoms with Crippen molar-refractivity contribution in [3.8, 4) is 28.5 Å². The standard InChI is InChI=1S/C11H12N2O2S.C11H13NO/c1-14-9-4-3-7(5-10(9)15-2)8-6-16-11(12)13-8;1-13-11-7-3-4-8-9(11)5-2-6-10(8)12/h3-6H,1-2H3,(H2,12,13);3-4,7,12H,2,5-6H2,1H3. The summed E-state index contributed by atoms with van der Waals surface area (Å²) in [6.45, 7) is 0. The predicted molar refractivity (Wildman–Crippen MR) is 118 cm³/mol. The zero-order valence-corrected chi connectivity index (χ0v) is 17.6. The van der Waals surface area contributed by atoms with Crippen LogP contribution in [0.25, 0.3) is 11.3 Å². The topological polar surface area (TPSA) is 90.5 Å². The summed E-state index contributed by atoms with van der Waals surface area (Å²) in [5.74, 6) is 2.32. The summed E-state index contributed by atoms with van der Waals surface area (Å²) in [4.78, 5) is 4.21. The third kappa shape index (κ3) is 4.68.